The molecular weight excluding hydrogens is 246 g/mol. The Balaban J connectivity index is 1.38. The van der Waals surface area contributed by atoms with E-state index in [9.17, 15) is 0 Å². The smallest absolute Gasteiger partial charge is 0.0113 e. The van der Waals surface area contributed by atoms with Crippen LogP contribution in [0.5, 0.6) is 0 Å². The summed E-state index contributed by atoms with van der Waals surface area (Å²) in [6.45, 7) is 11.7. The van der Waals surface area contributed by atoms with Crippen LogP contribution in [0.2, 0.25) is 0 Å². The highest BCUT2D eigenvalue weighted by molar-refractivity contribution is 4.84. The van der Waals surface area contributed by atoms with Gasteiger partial charge in [0.25, 0.3) is 0 Å². The number of hydrogen-bond acceptors (Lipinski definition) is 3. The predicted molar refractivity (Wildman–Crippen MR) is 85.0 cm³/mol. The van der Waals surface area contributed by atoms with Crippen LogP contribution in [0.1, 0.15) is 39.0 Å². The quantitative estimate of drug-likeness (QED) is 0.784. The normalized spacial score (nSPS) is 38.4. The van der Waals surface area contributed by atoms with Gasteiger partial charge in [-0.1, -0.05) is 6.92 Å². The average Bonchev–Trinajstić information content (AvgIpc) is 2.86. The van der Waals surface area contributed by atoms with E-state index >= 15 is 0 Å². The summed E-state index contributed by atoms with van der Waals surface area (Å²) in [6, 6.07) is 0.908. The molecule has 1 unspecified atom stereocenters. The average molecular weight is 279 g/mol. The van der Waals surface area contributed by atoms with Crippen LogP contribution in [0, 0.1) is 11.8 Å². The van der Waals surface area contributed by atoms with E-state index in [2.05, 4.69) is 28.7 Å². The molecule has 0 amide bonds. The second kappa shape index (κ2) is 6.76. The van der Waals surface area contributed by atoms with E-state index in [1.54, 1.807) is 0 Å². The summed E-state index contributed by atoms with van der Waals surface area (Å²) in [5.41, 5.74) is 0. The van der Waals surface area contributed by atoms with Crippen molar-refractivity contribution >= 4 is 0 Å². The van der Waals surface area contributed by atoms with Crippen LogP contribution in [0.4, 0.5) is 0 Å². The van der Waals surface area contributed by atoms with Gasteiger partial charge in [0.05, 0.1) is 0 Å². The van der Waals surface area contributed by atoms with E-state index < -0.39 is 0 Å². The standard InChI is InChI=1S/C17H33N3/c1-15-3-5-17(6-4-15)20-11-9-19(10-12-20)14-16-7-8-18(2)13-16/h15-17H,3-14H2,1-2H3. The minimum absolute atomic E-state index is 0.908. The monoisotopic (exact) mass is 279 g/mol. The van der Waals surface area contributed by atoms with Crippen LogP contribution >= 0.6 is 0 Å². The first-order valence-corrected chi connectivity index (χ1v) is 8.85. The fourth-order valence-corrected chi connectivity index (χ4v) is 4.46. The van der Waals surface area contributed by atoms with Crippen molar-refractivity contribution in [2.24, 2.45) is 11.8 Å². The first-order chi connectivity index (χ1) is 9.70. The first kappa shape index (κ1) is 14.8. The van der Waals surface area contributed by atoms with Crippen LogP contribution in [-0.2, 0) is 0 Å². The van der Waals surface area contributed by atoms with Gasteiger partial charge in [-0.2, -0.15) is 0 Å². The second-order valence-corrected chi connectivity index (χ2v) is 7.67. The minimum Gasteiger partial charge on any atom is -0.306 e. The Bertz CT molecular complexity index is 291. The van der Waals surface area contributed by atoms with Gasteiger partial charge in [-0.15, -0.1) is 0 Å². The molecule has 116 valence electrons. The van der Waals surface area contributed by atoms with Crippen molar-refractivity contribution in [3.8, 4) is 0 Å². The molecule has 0 radical (unpaired) electrons. The highest BCUT2D eigenvalue weighted by Crippen LogP contribution is 2.28. The van der Waals surface area contributed by atoms with E-state index in [1.807, 2.05) is 0 Å². The van der Waals surface area contributed by atoms with Crippen molar-refractivity contribution in [2.75, 3.05) is 52.9 Å². The number of rotatable bonds is 3. The number of nitrogens with zero attached hydrogens (tertiary/aromatic N) is 3. The van der Waals surface area contributed by atoms with Gasteiger partial charge in [0, 0.05) is 45.3 Å². The Morgan fingerprint density at radius 1 is 0.850 bits per heavy atom. The minimum atomic E-state index is 0.908. The topological polar surface area (TPSA) is 9.72 Å². The summed E-state index contributed by atoms with van der Waals surface area (Å²) in [5, 5.41) is 0. The van der Waals surface area contributed by atoms with E-state index in [-0.39, 0.29) is 0 Å². The highest BCUT2D eigenvalue weighted by atomic mass is 15.3. The van der Waals surface area contributed by atoms with Gasteiger partial charge >= 0.3 is 0 Å². The van der Waals surface area contributed by atoms with E-state index in [0.29, 0.717) is 0 Å². The lowest BCUT2D eigenvalue weighted by Gasteiger charge is -2.42. The molecule has 0 spiro atoms. The molecule has 0 aromatic rings. The van der Waals surface area contributed by atoms with Gasteiger partial charge in [0.1, 0.15) is 0 Å². The number of likely N-dealkylation sites (tertiary alicyclic amines) is 1. The zero-order chi connectivity index (χ0) is 13.9. The zero-order valence-electron chi connectivity index (χ0n) is 13.6. The molecule has 20 heavy (non-hydrogen) atoms. The van der Waals surface area contributed by atoms with Gasteiger partial charge in [-0.05, 0) is 57.5 Å². The van der Waals surface area contributed by atoms with Crippen molar-refractivity contribution in [3.05, 3.63) is 0 Å². The van der Waals surface area contributed by atoms with Gasteiger partial charge in [0.2, 0.25) is 0 Å². The molecular formula is C17H33N3. The molecule has 1 saturated carbocycles. The molecule has 2 aliphatic heterocycles. The maximum absolute atomic E-state index is 2.79. The van der Waals surface area contributed by atoms with E-state index in [4.69, 9.17) is 0 Å². The maximum atomic E-state index is 2.79. The summed E-state index contributed by atoms with van der Waals surface area (Å²) >= 11 is 0. The molecule has 3 rings (SSSR count). The third kappa shape index (κ3) is 3.75. The Morgan fingerprint density at radius 2 is 1.55 bits per heavy atom. The largest absolute Gasteiger partial charge is 0.306 e. The molecule has 3 fully saturated rings. The molecule has 3 aliphatic rings. The van der Waals surface area contributed by atoms with Gasteiger partial charge in [0.15, 0.2) is 0 Å². The van der Waals surface area contributed by atoms with Crippen molar-refractivity contribution in [1.29, 1.82) is 0 Å². The highest BCUT2D eigenvalue weighted by Gasteiger charge is 2.28. The summed E-state index contributed by atoms with van der Waals surface area (Å²) in [4.78, 5) is 8.01. The fourth-order valence-electron chi connectivity index (χ4n) is 4.46. The third-order valence-electron chi connectivity index (χ3n) is 5.91. The molecule has 0 aromatic carbocycles. The summed E-state index contributed by atoms with van der Waals surface area (Å²) in [7, 11) is 2.27. The number of hydrogen-bond donors (Lipinski definition) is 0. The van der Waals surface area contributed by atoms with Crippen LogP contribution in [-0.4, -0.2) is 73.6 Å². The lowest BCUT2D eigenvalue weighted by molar-refractivity contribution is 0.0655. The summed E-state index contributed by atoms with van der Waals surface area (Å²) in [5.74, 6) is 1.91. The number of piperazine rings is 1. The van der Waals surface area contributed by atoms with E-state index in [0.717, 1.165) is 17.9 Å². The lowest BCUT2D eigenvalue weighted by Crippen LogP contribution is -2.52. The van der Waals surface area contributed by atoms with Crippen molar-refractivity contribution < 1.29 is 0 Å². The Labute approximate surface area is 125 Å². The van der Waals surface area contributed by atoms with Gasteiger partial charge in [-0.25, -0.2) is 0 Å². The Hall–Kier alpha value is -0.120. The van der Waals surface area contributed by atoms with Gasteiger partial charge in [-0.3, -0.25) is 4.90 Å². The Morgan fingerprint density at radius 3 is 2.15 bits per heavy atom. The van der Waals surface area contributed by atoms with Crippen LogP contribution < -0.4 is 0 Å². The molecule has 2 saturated heterocycles. The predicted octanol–water partition coefficient (Wildman–Crippen LogP) is 2.13. The molecule has 2 heterocycles. The van der Waals surface area contributed by atoms with E-state index in [1.165, 1.54) is 77.9 Å². The molecule has 0 bridgehead atoms. The van der Waals surface area contributed by atoms with Crippen molar-refractivity contribution in [3.63, 3.8) is 0 Å². The lowest BCUT2D eigenvalue weighted by atomic mass is 9.86. The third-order valence-corrected chi connectivity index (χ3v) is 5.91. The molecule has 1 atom stereocenters. The molecule has 0 aromatic heterocycles. The zero-order valence-corrected chi connectivity index (χ0v) is 13.6. The first-order valence-electron chi connectivity index (χ1n) is 8.85. The fraction of sp³-hybridized carbons (Fsp3) is 1.00. The molecule has 3 heteroatoms. The van der Waals surface area contributed by atoms with Crippen LogP contribution in [0.15, 0.2) is 0 Å². The molecule has 3 nitrogen and oxygen atoms in total. The summed E-state index contributed by atoms with van der Waals surface area (Å²) in [6.07, 6.45) is 7.24. The van der Waals surface area contributed by atoms with Gasteiger partial charge < -0.3 is 9.80 Å². The Kier molecular flexibility index (Phi) is 5.00. The second-order valence-electron chi connectivity index (χ2n) is 7.67. The van der Waals surface area contributed by atoms with Crippen molar-refractivity contribution in [1.82, 2.24) is 14.7 Å². The molecule has 0 N–H and O–H groups in total. The van der Waals surface area contributed by atoms with Crippen LogP contribution in [0.25, 0.3) is 0 Å². The van der Waals surface area contributed by atoms with Crippen LogP contribution in [0.3, 0.4) is 0 Å². The van der Waals surface area contributed by atoms with Crippen molar-refractivity contribution in [2.45, 2.75) is 45.1 Å². The maximum Gasteiger partial charge on any atom is 0.0113 e. The summed E-state index contributed by atoms with van der Waals surface area (Å²) < 4.78 is 0. The SMILES string of the molecule is CC1CCC(N2CCN(CC3CCN(C)C3)CC2)CC1. The molecule has 1 aliphatic carbocycles.